The number of benzene rings is 2. The van der Waals surface area contributed by atoms with Crippen molar-refractivity contribution in [2.75, 3.05) is 7.11 Å². The van der Waals surface area contributed by atoms with Crippen molar-refractivity contribution in [3.8, 4) is 0 Å². The lowest BCUT2D eigenvalue weighted by atomic mass is 9.86. The molecule has 0 aliphatic heterocycles. The molecule has 2 amide bonds. The number of ether oxygens (including phenoxy) is 1. The molecule has 2 N–H and O–H groups in total. The quantitative estimate of drug-likeness (QED) is 0.583. The minimum absolute atomic E-state index is 0.0101. The van der Waals surface area contributed by atoms with Crippen LogP contribution in [-0.4, -0.2) is 30.9 Å². The molecule has 0 saturated heterocycles. The van der Waals surface area contributed by atoms with E-state index in [1.54, 1.807) is 0 Å². The lowest BCUT2D eigenvalue weighted by Gasteiger charge is -2.20. The summed E-state index contributed by atoms with van der Waals surface area (Å²) in [6.07, 6.45) is 0.348. The third kappa shape index (κ3) is 7.84. The monoisotopic (exact) mass is 438 g/mol. The van der Waals surface area contributed by atoms with Gasteiger partial charge in [0.2, 0.25) is 11.8 Å². The number of nitrogens with one attached hydrogen (secondary N) is 2. The summed E-state index contributed by atoms with van der Waals surface area (Å²) in [4.78, 5) is 36.8. The van der Waals surface area contributed by atoms with E-state index in [1.807, 2.05) is 61.5 Å². The molecule has 0 unspecified atom stereocenters. The molecular formula is C26H34N2O4. The van der Waals surface area contributed by atoms with E-state index in [-0.39, 0.29) is 36.1 Å². The molecule has 0 aliphatic carbocycles. The average molecular weight is 439 g/mol. The molecule has 0 bridgehead atoms. The molecule has 0 radical (unpaired) electrons. The van der Waals surface area contributed by atoms with Gasteiger partial charge in [0, 0.05) is 19.3 Å². The maximum absolute atomic E-state index is 12.4. The Morgan fingerprint density at radius 1 is 0.875 bits per heavy atom. The maximum atomic E-state index is 12.4. The summed E-state index contributed by atoms with van der Waals surface area (Å²) >= 11 is 0. The van der Waals surface area contributed by atoms with Crippen LogP contribution >= 0.6 is 0 Å². The number of hydrogen-bond acceptors (Lipinski definition) is 4. The van der Waals surface area contributed by atoms with Crippen molar-refractivity contribution in [3.63, 3.8) is 0 Å². The summed E-state index contributed by atoms with van der Waals surface area (Å²) in [6.45, 7) is 8.30. The van der Waals surface area contributed by atoms with Gasteiger partial charge in [0.1, 0.15) is 6.04 Å². The summed E-state index contributed by atoms with van der Waals surface area (Å²) in [6, 6.07) is 16.6. The first-order chi connectivity index (χ1) is 15.1. The summed E-state index contributed by atoms with van der Waals surface area (Å²) in [5, 5.41) is 5.59. The summed E-state index contributed by atoms with van der Waals surface area (Å²) in [5.41, 5.74) is 3.14. The molecule has 2 aromatic carbocycles. The van der Waals surface area contributed by atoms with E-state index in [1.165, 1.54) is 12.7 Å². The Kier molecular flexibility index (Phi) is 9.00. The highest BCUT2D eigenvalue weighted by Gasteiger charge is 2.23. The number of methoxy groups -OCH3 is 1. The van der Waals surface area contributed by atoms with Gasteiger partial charge in [-0.3, -0.25) is 9.59 Å². The second-order valence-electron chi connectivity index (χ2n) is 8.99. The number of rotatable bonds is 9. The van der Waals surface area contributed by atoms with Gasteiger partial charge in [-0.1, -0.05) is 75.4 Å². The van der Waals surface area contributed by atoms with Crippen molar-refractivity contribution < 1.29 is 19.1 Å². The van der Waals surface area contributed by atoms with Crippen LogP contribution in [0.3, 0.4) is 0 Å². The molecule has 2 aromatic rings. The Balaban J connectivity index is 1.89. The summed E-state index contributed by atoms with van der Waals surface area (Å²) in [5.74, 6) is -1.10. The number of hydrogen-bond donors (Lipinski definition) is 2. The van der Waals surface area contributed by atoms with E-state index in [0.29, 0.717) is 6.42 Å². The zero-order valence-corrected chi connectivity index (χ0v) is 19.6. The van der Waals surface area contributed by atoms with Crippen molar-refractivity contribution in [2.45, 2.75) is 64.5 Å². The molecule has 6 nitrogen and oxygen atoms in total. The topological polar surface area (TPSA) is 84.5 Å². The van der Waals surface area contributed by atoms with E-state index >= 15 is 0 Å². The normalized spacial score (nSPS) is 13.0. The summed E-state index contributed by atoms with van der Waals surface area (Å²) < 4.78 is 4.86. The third-order valence-corrected chi connectivity index (χ3v) is 5.34. The van der Waals surface area contributed by atoms with Gasteiger partial charge in [0.25, 0.3) is 0 Å². The Labute approximate surface area is 190 Å². The van der Waals surface area contributed by atoms with Gasteiger partial charge in [-0.05, 0) is 29.0 Å². The molecule has 0 spiro atoms. The predicted molar refractivity (Wildman–Crippen MR) is 125 cm³/mol. The number of carbonyl (C=O) groups is 3. The standard InChI is InChI=1S/C26H34N2O4/c1-18(20-9-7-6-8-10-20)27-23(29)15-16-24(30)28-22(25(31)32-5)17-19-11-13-21(14-12-19)26(2,3)4/h6-14,18,22H,15-17H2,1-5H3,(H,27,29)(H,28,30)/t18-,22+/m1/s1. The van der Waals surface area contributed by atoms with Crippen LogP contribution in [0.15, 0.2) is 54.6 Å². The SMILES string of the molecule is COC(=O)[C@H](Cc1ccc(C(C)(C)C)cc1)NC(=O)CCC(=O)N[C@H](C)c1ccccc1. The van der Waals surface area contributed by atoms with Gasteiger partial charge in [-0.2, -0.15) is 0 Å². The van der Waals surface area contributed by atoms with Crippen molar-refractivity contribution in [1.82, 2.24) is 10.6 Å². The van der Waals surface area contributed by atoms with Crippen LogP contribution in [0.1, 0.15) is 63.3 Å². The van der Waals surface area contributed by atoms with E-state index in [4.69, 9.17) is 4.74 Å². The molecule has 0 fully saturated rings. The minimum Gasteiger partial charge on any atom is -0.467 e. The fourth-order valence-electron chi connectivity index (χ4n) is 3.34. The first-order valence-electron chi connectivity index (χ1n) is 10.9. The molecule has 32 heavy (non-hydrogen) atoms. The van der Waals surface area contributed by atoms with Gasteiger partial charge in [0.15, 0.2) is 0 Å². The Hall–Kier alpha value is -3.15. The smallest absolute Gasteiger partial charge is 0.328 e. The second kappa shape index (κ2) is 11.5. The van der Waals surface area contributed by atoms with Crippen molar-refractivity contribution in [1.29, 1.82) is 0 Å². The van der Waals surface area contributed by atoms with Crippen LogP contribution in [0.2, 0.25) is 0 Å². The molecule has 172 valence electrons. The van der Waals surface area contributed by atoms with Crippen molar-refractivity contribution in [3.05, 3.63) is 71.3 Å². The zero-order valence-electron chi connectivity index (χ0n) is 19.6. The van der Waals surface area contributed by atoms with E-state index in [0.717, 1.165) is 11.1 Å². The fraction of sp³-hybridized carbons (Fsp3) is 0.423. The van der Waals surface area contributed by atoms with Gasteiger partial charge in [0.05, 0.1) is 13.2 Å². The van der Waals surface area contributed by atoms with Crippen LogP contribution in [-0.2, 0) is 31.0 Å². The third-order valence-electron chi connectivity index (χ3n) is 5.34. The largest absolute Gasteiger partial charge is 0.467 e. The lowest BCUT2D eigenvalue weighted by Crippen LogP contribution is -2.43. The zero-order chi connectivity index (χ0) is 23.7. The van der Waals surface area contributed by atoms with Gasteiger partial charge >= 0.3 is 5.97 Å². The fourth-order valence-corrected chi connectivity index (χ4v) is 3.34. The van der Waals surface area contributed by atoms with Crippen molar-refractivity contribution in [2.24, 2.45) is 0 Å². The van der Waals surface area contributed by atoms with Crippen LogP contribution in [0.4, 0.5) is 0 Å². The first-order valence-corrected chi connectivity index (χ1v) is 10.9. The van der Waals surface area contributed by atoms with Crippen LogP contribution in [0, 0.1) is 0 Å². The van der Waals surface area contributed by atoms with E-state index in [2.05, 4.69) is 31.4 Å². The highest BCUT2D eigenvalue weighted by Crippen LogP contribution is 2.22. The molecule has 0 saturated carbocycles. The first kappa shape index (κ1) is 25.1. The lowest BCUT2D eigenvalue weighted by molar-refractivity contribution is -0.145. The van der Waals surface area contributed by atoms with Crippen LogP contribution in [0.25, 0.3) is 0 Å². The number of amides is 2. The maximum Gasteiger partial charge on any atom is 0.328 e. The Morgan fingerprint density at radius 3 is 1.97 bits per heavy atom. The van der Waals surface area contributed by atoms with E-state index < -0.39 is 12.0 Å². The predicted octanol–water partition coefficient (Wildman–Crippen LogP) is 3.84. The second-order valence-corrected chi connectivity index (χ2v) is 8.99. The molecule has 2 atom stereocenters. The number of carbonyl (C=O) groups excluding carboxylic acids is 3. The highest BCUT2D eigenvalue weighted by molar-refractivity contribution is 5.87. The molecule has 2 rings (SSSR count). The van der Waals surface area contributed by atoms with Crippen LogP contribution in [0.5, 0.6) is 0 Å². The highest BCUT2D eigenvalue weighted by atomic mass is 16.5. The Bertz CT molecular complexity index is 902. The Morgan fingerprint density at radius 2 is 1.44 bits per heavy atom. The molecule has 0 aromatic heterocycles. The molecular weight excluding hydrogens is 404 g/mol. The van der Waals surface area contributed by atoms with Gasteiger partial charge < -0.3 is 15.4 Å². The summed E-state index contributed by atoms with van der Waals surface area (Å²) in [7, 11) is 1.29. The average Bonchev–Trinajstić information content (AvgIpc) is 2.77. The molecule has 6 heteroatoms. The van der Waals surface area contributed by atoms with Crippen LogP contribution < -0.4 is 10.6 Å². The van der Waals surface area contributed by atoms with Gasteiger partial charge in [-0.25, -0.2) is 4.79 Å². The van der Waals surface area contributed by atoms with E-state index in [9.17, 15) is 14.4 Å². The van der Waals surface area contributed by atoms with Gasteiger partial charge in [-0.15, -0.1) is 0 Å². The minimum atomic E-state index is -0.806. The molecule has 0 heterocycles. The van der Waals surface area contributed by atoms with Crippen molar-refractivity contribution >= 4 is 17.8 Å². The molecule has 0 aliphatic rings. The number of esters is 1.